The Morgan fingerprint density at radius 3 is 2.06 bits per heavy atom. The summed E-state index contributed by atoms with van der Waals surface area (Å²) in [5, 5.41) is 20.1. The van der Waals surface area contributed by atoms with E-state index in [9.17, 15) is 33.4 Å². The van der Waals surface area contributed by atoms with Crippen LogP contribution in [0.5, 0.6) is 0 Å². The van der Waals surface area contributed by atoms with Gasteiger partial charge in [-0.1, -0.05) is 11.6 Å². The van der Waals surface area contributed by atoms with Gasteiger partial charge in [0, 0.05) is 6.07 Å². The van der Waals surface area contributed by atoms with Crippen LogP contribution in [-0.2, 0) is 6.18 Å². The first kappa shape index (κ1) is 14.6. The molecule has 1 rings (SSSR count). The highest BCUT2D eigenvalue weighted by Crippen LogP contribution is 2.46. The zero-order valence-electron chi connectivity index (χ0n) is 7.99. The molecule has 1 aromatic carbocycles. The summed E-state index contributed by atoms with van der Waals surface area (Å²) in [7, 11) is 0. The fourth-order valence-electron chi connectivity index (χ4n) is 1.11. The van der Waals surface area contributed by atoms with Crippen LogP contribution in [0.15, 0.2) is 10.5 Å². The molecule has 0 amide bonds. The SMILES string of the molecule is O=[N+]([O-])c1cc(C(F)(F)F)c(Br)c([N+](=O)[O-])c1Cl. The highest BCUT2D eigenvalue weighted by molar-refractivity contribution is 9.10. The summed E-state index contributed by atoms with van der Waals surface area (Å²) in [6, 6.07) is 0.138. The van der Waals surface area contributed by atoms with E-state index in [-0.39, 0.29) is 6.07 Å². The third-order valence-electron chi connectivity index (χ3n) is 1.84. The van der Waals surface area contributed by atoms with E-state index in [0.29, 0.717) is 0 Å². The van der Waals surface area contributed by atoms with Gasteiger partial charge in [0.25, 0.3) is 5.69 Å². The van der Waals surface area contributed by atoms with Gasteiger partial charge in [0.15, 0.2) is 5.02 Å². The van der Waals surface area contributed by atoms with E-state index in [4.69, 9.17) is 11.6 Å². The van der Waals surface area contributed by atoms with Gasteiger partial charge in [-0.3, -0.25) is 20.2 Å². The summed E-state index contributed by atoms with van der Waals surface area (Å²) in [5.74, 6) is 0. The molecule has 0 saturated carbocycles. The topological polar surface area (TPSA) is 86.3 Å². The minimum absolute atomic E-state index is 0.138. The second kappa shape index (κ2) is 4.69. The van der Waals surface area contributed by atoms with Crippen LogP contribution in [0.2, 0.25) is 5.02 Å². The maximum Gasteiger partial charge on any atom is 0.418 e. The van der Waals surface area contributed by atoms with Gasteiger partial charge < -0.3 is 0 Å². The number of nitro groups is 2. The standard InChI is InChI=1S/C7HBrClF3N2O4/c8-4-2(7(10,11)12)1-3(13(15)16)5(9)6(4)14(17)18/h1H. The van der Waals surface area contributed by atoms with Crippen LogP contribution in [0.4, 0.5) is 24.5 Å². The first-order valence-electron chi connectivity index (χ1n) is 3.95. The normalized spacial score (nSPS) is 11.4. The molecule has 0 atom stereocenters. The monoisotopic (exact) mass is 348 g/mol. The Labute approximate surface area is 110 Å². The van der Waals surface area contributed by atoms with E-state index in [0.717, 1.165) is 0 Å². The molecule has 0 saturated heterocycles. The van der Waals surface area contributed by atoms with Crippen LogP contribution in [0, 0.1) is 20.2 Å². The Hall–Kier alpha value is -1.42. The van der Waals surface area contributed by atoms with E-state index >= 15 is 0 Å². The summed E-state index contributed by atoms with van der Waals surface area (Å²) < 4.78 is 36.7. The molecule has 0 aliphatic rings. The summed E-state index contributed by atoms with van der Waals surface area (Å²) >= 11 is 7.73. The van der Waals surface area contributed by atoms with Crippen LogP contribution < -0.4 is 0 Å². The molecule has 11 heteroatoms. The van der Waals surface area contributed by atoms with Crippen molar-refractivity contribution in [2.45, 2.75) is 6.18 Å². The lowest BCUT2D eigenvalue weighted by atomic mass is 10.1. The van der Waals surface area contributed by atoms with Crippen molar-refractivity contribution in [2.24, 2.45) is 0 Å². The van der Waals surface area contributed by atoms with Crippen molar-refractivity contribution in [1.82, 2.24) is 0 Å². The lowest BCUT2D eigenvalue weighted by Gasteiger charge is -2.10. The Balaban J connectivity index is 3.78. The molecule has 0 heterocycles. The molecule has 0 aliphatic carbocycles. The number of nitrogens with zero attached hydrogens (tertiary/aromatic N) is 2. The van der Waals surface area contributed by atoms with Crippen LogP contribution >= 0.6 is 27.5 Å². The number of nitro benzene ring substituents is 2. The largest absolute Gasteiger partial charge is 0.418 e. The first-order chi connectivity index (χ1) is 8.07. The molecule has 0 radical (unpaired) electrons. The molecule has 0 bridgehead atoms. The van der Waals surface area contributed by atoms with Gasteiger partial charge >= 0.3 is 11.9 Å². The number of halogens is 5. The fourth-order valence-corrected chi connectivity index (χ4v) is 2.19. The summed E-state index contributed by atoms with van der Waals surface area (Å²) in [4.78, 5) is 18.6. The highest BCUT2D eigenvalue weighted by atomic mass is 79.9. The third kappa shape index (κ3) is 2.53. The van der Waals surface area contributed by atoms with Crippen LogP contribution in [0.3, 0.4) is 0 Å². The molecule has 0 aliphatic heterocycles. The summed E-state index contributed by atoms with van der Waals surface area (Å²) in [6.07, 6.45) is -4.99. The maximum atomic E-state index is 12.5. The van der Waals surface area contributed by atoms with Gasteiger partial charge in [0.05, 0.1) is 15.4 Å². The molecule has 6 nitrogen and oxygen atoms in total. The summed E-state index contributed by atoms with van der Waals surface area (Å²) in [6.45, 7) is 0. The van der Waals surface area contributed by atoms with Crippen LogP contribution in [-0.4, -0.2) is 9.85 Å². The lowest BCUT2D eigenvalue weighted by Crippen LogP contribution is -2.09. The number of alkyl halides is 3. The van der Waals surface area contributed by atoms with Crippen molar-refractivity contribution >= 4 is 38.9 Å². The van der Waals surface area contributed by atoms with Crippen molar-refractivity contribution < 1.29 is 23.0 Å². The predicted octanol–water partition coefficient (Wildman–Crippen LogP) is 3.94. The van der Waals surface area contributed by atoms with E-state index in [1.807, 2.05) is 0 Å². The van der Waals surface area contributed by atoms with Gasteiger partial charge in [0.2, 0.25) is 0 Å². The predicted molar refractivity (Wildman–Crippen MR) is 57.5 cm³/mol. The lowest BCUT2D eigenvalue weighted by molar-refractivity contribution is -0.394. The molecular weight excluding hydrogens is 348 g/mol. The quantitative estimate of drug-likeness (QED) is 0.598. The fraction of sp³-hybridized carbons (Fsp3) is 0.143. The number of rotatable bonds is 2. The molecule has 18 heavy (non-hydrogen) atoms. The number of hydrogen-bond acceptors (Lipinski definition) is 4. The van der Waals surface area contributed by atoms with Gasteiger partial charge in [0.1, 0.15) is 4.47 Å². The molecule has 98 valence electrons. The maximum absolute atomic E-state index is 12.5. The van der Waals surface area contributed by atoms with Crippen molar-refractivity contribution in [2.75, 3.05) is 0 Å². The van der Waals surface area contributed by atoms with E-state index in [2.05, 4.69) is 15.9 Å². The average molecular weight is 349 g/mol. The zero-order valence-corrected chi connectivity index (χ0v) is 10.3. The number of benzene rings is 1. The van der Waals surface area contributed by atoms with Crippen molar-refractivity contribution in [1.29, 1.82) is 0 Å². The molecule has 0 spiro atoms. The summed E-state index contributed by atoms with van der Waals surface area (Å²) in [5.41, 5.74) is -3.91. The minimum atomic E-state index is -4.99. The van der Waals surface area contributed by atoms with Gasteiger partial charge in [-0.2, -0.15) is 13.2 Å². The van der Waals surface area contributed by atoms with E-state index in [1.54, 1.807) is 0 Å². The Morgan fingerprint density at radius 2 is 1.72 bits per heavy atom. The van der Waals surface area contributed by atoms with Crippen LogP contribution in [0.1, 0.15) is 5.56 Å². The van der Waals surface area contributed by atoms with Gasteiger partial charge in [-0.05, 0) is 15.9 Å². The highest BCUT2D eigenvalue weighted by Gasteiger charge is 2.41. The van der Waals surface area contributed by atoms with Gasteiger partial charge in [-0.15, -0.1) is 0 Å². The minimum Gasteiger partial charge on any atom is -0.258 e. The zero-order chi connectivity index (χ0) is 14.2. The van der Waals surface area contributed by atoms with E-state index in [1.165, 1.54) is 0 Å². The van der Waals surface area contributed by atoms with E-state index < -0.39 is 42.5 Å². The Kier molecular flexibility index (Phi) is 3.81. The molecule has 0 N–H and O–H groups in total. The second-order valence-corrected chi connectivity index (χ2v) is 4.10. The second-order valence-electron chi connectivity index (χ2n) is 2.93. The van der Waals surface area contributed by atoms with Crippen molar-refractivity contribution in [3.63, 3.8) is 0 Å². The molecule has 0 aromatic heterocycles. The molecule has 0 unspecified atom stereocenters. The Bertz CT molecular complexity index is 548. The van der Waals surface area contributed by atoms with Crippen molar-refractivity contribution in [3.05, 3.63) is 41.4 Å². The molecule has 0 fully saturated rings. The molecule has 1 aromatic rings. The average Bonchev–Trinajstić information content (AvgIpc) is 2.13. The molecular formula is C7HBrClF3N2O4. The number of hydrogen-bond donors (Lipinski definition) is 0. The van der Waals surface area contributed by atoms with Gasteiger partial charge in [-0.25, -0.2) is 0 Å². The van der Waals surface area contributed by atoms with Crippen LogP contribution in [0.25, 0.3) is 0 Å². The smallest absolute Gasteiger partial charge is 0.258 e. The Morgan fingerprint density at radius 1 is 1.22 bits per heavy atom. The third-order valence-corrected chi connectivity index (χ3v) is 3.02. The first-order valence-corrected chi connectivity index (χ1v) is 5.12. The van der Waals surface area contributed by atoms with Crippen molar-refractivity contribution in [3.8, 4) is 0 Å².